The Morgan fingerprint density at radius 2 is 1.61 bits per heavy atom. The molecule has 0 fully saturated rings. The highest BCUT2D eigenvalue weighted by Crippen LogP contribution is 2.33. The van der Waals surface area contributed by atoms with Crippen LogP contribution in [0.5, 0.6) is 0 Å². The van der Waals surface area contributed by atoms with Crippen LogP contribution in [0.15, 0.2) is 60.7 Å². The van der Waals surface area contributed by atoms with Gasteiger partial charge in [-0.25, -0.2) is 9.18 Å². The van der Waals surface area contributed by atoms with Gasteiger partial charge in [0.1, 0.15) is 11.9 Å². The van der Waals surface area contributed by atoms with Crippen molar-refractivity contribution in [2.24, 2.45) is 0 Å². The van der Waals surface area contributed by atoms with Crippen molar-refractivity contribution in [2.45, 2.75) is 58.5 Å². The smallest absolute Gasteiger partial charge is 0.341 e. The number of ether oxygens (including phenoxy) is 1. The molecule has 4 rings (SSSR count). The highest BCUT2D eigenvalue weighted by atomic mass is 19.1. The van der Waals surface area contributed by atoms with Crippen LogP contribution < -0.4 is 0 Å². The van der Waals surface area contributed by atoms with Gasteiger partial charge in [0, 0.05) is 17.9 Å². The fourth-order valence-corrected chi connectivity index (χ4v) is 4.36. The van der Waals surface area contributed by atoms with Crippen molar-refractivity contribution in [2.75, 3.05) is 0 Å². The maximum Gasteiger partial charge on any atom is 0.341 e. The van der Waals surface area contributed by atoms with Crippen molar-refractivity contribution in [3.05, 3.63) is 94.3 Å². The van der Waals surface area contributed by atoms with Gasteiger partial charge in [0.25, 0.3) is 0 Å². The zero-order chi connectivity index (χ0) is 22.0. The van der Waals surface area contributed by atoms with Crippen LogP contribution in [0.4, 0.5) is 4.39 Å². The van der Waals surface area contributed by atoms with E-state index >= 15 is 4.39 Å². The van der Waals surface area contributed by atoms with Crippen LogP contribution >= 0.6 is 0 Å². The van der Waals surface area contributed by atoms with E-state index in [1.165, 1.54) is 16.7 Å². The third kappa shape index (κ3) is 4.27. The predicted molar refractivity (Wildman–Crippen MR) is 123 cm³/mol. The minimum absolute atomic E-state index is 0.0896. The van der Waals surface area contributed by atoms with Gasteiger partial charge in [-0.15, -0.1) is 0 Å². The summed E-state index contributed by atoms with van der Waals surface area (Å²) in [6.07, 6.45) is 3.38. The van der Waals surface area contributed by atoms with E-state index < -0.39 is 11.8 Å². The molecule has 0 radical (unpaired) electrons. The average molecular weight is 417 g/mol. The largest absolute Gasteiger partial charge is 0.458 e. The summed E-state index contributed by atoms with van der Waals surface area (Å²) in [5, 5.41) is 0. The second-order valence-electron chi connectivity index (χ2n) is 8.44. The Labute approximate surface area is 184 Å². The van der Waals surface area contributed by atoms with Crippen molar-refractivity contribution in [1.29, 1.82) is 0 Å². The molecule has 0 spiro atoms. The lowest BCUT2D eigenvalue weighted by Gasteiger charge is -2.24. The van der Waals surface area contributed by atoms with Crippen molar-refractivity contribution in [3.63, 3.8) is 0 Å². The molecule has 0 aromatic heterocycles. The summed E-state index contributed by atoms with van der Waals surface area (Å²) in [7, 11) is 0. The van der Waals surface area contributed by atoms with E-state index in [4.69, 9.17) is 4.74 Å². The summed E-state index contributed by atoms with van der Waals surface area (Å²) >= 11 is 0. The zero-order valence-corrected chi connectivity index (χ0v) is 18.5. The van der Waals surface area contributed by atoms with Gasteiger partial charge in [0.2, 0.25) is 0 Å². The van der Waals surface area contributed by atoms with Gasteiger partial charge in [0.15, 0.2) is 0 Å². The maximum absolute atomic E-state index is 15.2. The van der Waals surface area contributed by atoms with Crippen molar-refractivity contribution in [1.82, 2.24) is 0 Å². The SMILES string of the molecule is CCCc1ccc(C(C)c2ccc(-c3ccc4c(c3F)C(=O)OC(CC)C4)cc2)cc1. The van der Waals surface area contributed by atoms with Gasteiger partial charge in [0.05, 0.1) is 5.56 Å². The number of cyclic esters (lactones) is 1. The minimum Gasteiger partial charge on any atom is -0.458 e. The lowest BCUT2D eigenvalue weighted by molar-refractivity contribution is 0.0243. The van der Waals surface area contributed by atoms with Crippen LogP contribution in [-0.4, -0.2) is 12.1 Å². The number of aryl methyl sites for hydroxylation is 1. The van der Waals surface area contributed by atoms with Crippen LogP contribution in [0.1, 0.15) is 72.1 Å². The highest BCUT2D eigenvalue weighted by molar-refractivity contribution is 5.94. The summed E-state index contributed by atoms with van der Waals surface area (Å²) in [6, 6.07) is 20.4. The second-order valence-corrected chi connectivity index (χ2v) is 8.44. The summed E-state index contributed by atoms with van der Waals surface area (Å²) in [6.45, 7) is 6.34. The number of hydrogen-bond donors (Lipinski definition) is 0. The van der Waals surface area contributed by atoms with Gasteiger partial charge in [-0.2, -0.15) is 0 Å². The molecule has 0 bridgehead atoms. The Kier molecular flexibility index (Phi) is 6.22. The van der Waals surface area contributed by atoms with Gasteiger partial charge in [-0.3, -0.25) is 0 Å². The number of fused-ring (bicyclic) bond motifs is 1. The molecule has 3 aromatic rings. The molecule has 2 unspecified atom stereocenters. The normalized spacial score (nSPS) is 16.5. The van der Waals surface area contributed by atoms with E-state index in [0.717, 1.165) is 30.4 Å². The molecule has 1 aliphatic heterocycles. The average Bonchev–Trinajstić information content (AvgIpc) is 2.79. The first kappa shape index (κ1) is 21.3. The quantitative estimate of drug-likeness (QED) is 0.401. The van der Waals surface area contributed by atoms with Crippen molar-refractivity contribution >= 4 is 5.97 Å². The molecule has 0 amide bonds. The third-order valence-corrected chi connectivity index (χ3v) is 6.35. The van der Waals surface area contributed by atoms with E-state index in [0.29, 0.717) is 12.0 Å². The third-order valence-electron chi connectivity index (χ3n) is 6.35. The number of esters is 1. The molecular formula is C28H29FO2. The molecule has 2 nitrogen and oxygen atoms in total. The zero-order valence-electron chi connectivity index (χ0n) is 18.5. The predicted octanol–water partition coefficient (Wildman–Crippen LogP) is 7.09. The van der Waals surface area contributed by atoms with E-state index in [9.17, 15) is 4.79 Å². The molecule has 0 N–H and O–H groups in total. The van der Waals surface area contributed by atoms with Crippen molar-refractivity contribution in [3.8, 4) is 11.1 Å². The lowest BCUT2D eigenvalue weighted by Crippen LogP contribution is -2.28. The number of carbonyl (C=O) groups excluding carboxylic acids is 1. The van der Waals surface area contributed by atoms with Crippen LogP contribution in [-0.2, 0) is 17.6 Å². The first-order valence-corrected chi connectivity index (χ1v) is 11.2. The van der Waals surface area contributed by atoms with Crippen LogP contribution in [0.3, 0.4) is 0 Å². The molecular weight excluding hydrogens is 387 g/mol. The summed E-state index contributed by atoms with van der Waals surface area (Å²) in [4.78, 5) is 12.4. The van der Waals surface area contributed by atoms with Gasteiger partial charge >= 0.3 is 5.97 Å². The molecule has 160 valence electrons. The van der Waals surface area contributed by atoms with Crippen LogP contribution in [0.25, 0.3) is 11.1 Å². The van der Waals surface area contributed by atoms with Crippen molar-refractivity contribution < 1.29 is 13.9 Å². The number of benzene rings is 3. The Morgan fingerprint density at radius 1 is 0.968 bits per heavy atom. The fraction of sp³-hybridized carbons (Fsp3) is 0.321. The van der Waals surface area contributed by atoms with Gasteiger partial charge in [-0.05, 0) is 40.7 Å². The van der Waals surface area contributed by atoms with Crippen LogP contribution in [0, 0.1) is 5.82 Å². The Bertz CT molecular complexity index is 1070. The molecule has 2 atom stereocenters. The second kappa shape index (κ2) is 9.05. The Morgan fingerprint density at radius 3 is 2.23 bits per heavy atom. The fourth-order valence-electron chi connectivity index (χ4n) is 4.36. The molecule has 0 saturated carbocycles. The Hall–Kier alpha value is -2.94. The standard InChI is InChI=1S/C28H29FO2/c1-4-6-19-7-9-20(10-8-19)18(3)21-11-13-22(14-12-21)25-16-15-23-17-24(5-2)31-28(30)26(23)27(25)29/h7-16,18,24H,4-6,17H2,1-3H3. The maximum atomic E-state index is 15.2. The van der Waals surface area contributed by atoms with Gasteiger partial charge in [-0.1, -0.05) is 87.9 Å². The molecule has 1 heterocycles. The first-order valence-electron chi connectivity index (χ1n) is 11.2. The van der Waals surface area contributed by atoms with E-state index in [1.807, 2.05) is 37.3 Å². The molecule has 31 heavy (non-hydrogen) atoms. The molecule has 0 saturated heterocycles. The molecule has 3 heteroatoms. The number of carbonyl (C=O) groups is 1. The number of hydrogen-bond acceptors (Lipinski definition) is 2. The molecule has 0 aliphatic carbocycles. The summed E-state index contributed by atoms with van der Waals surface area (Å²) in [5.41, 5.74) is 5.83. The summed E-state index contributed by atoms with van der Waals surface area (Å²) < 4.78 is 20.6. The lowest BCUT2D eigenvalue weighted by atomic mass is 9.89. The molecule has 3 aromatic carbocycles. The first-order chi connectivity index (χ1) is 15.0. The number of rotatable bonds is 6. The highest BCUT2D eigenvalue weighted by Gasteiger charge is 2.29. The Balaban J connectivity index is 1.58. The van der Waals surface area contributed by atoms with E-state index in [-0.39, 0.29) is 17.6 Å². The minimum atomic E-state index is -0.552. The van der Waals surface area contributed by atoms with E-state index in [2.05, 4.69) is 38.1 Å². The molecule has 1 aliphatic rings. The summed E-state index contributed by atoms with van der Waals surface area (Å²) in [5.74, 6) is -0.785. The number of halogens is 1. The monoisotopic (exact) mass is 416 g/mol. The van der Waals surface area contributed by atoms with Crippen LogP contribution in [0.2, 0.25) is 0 Å². The van der Waals surface area contributed by atoms with E-state index in [1.54, 1.807) is 6.07 Å². The van der Waals surface area contributed by atoms with Gasteiger partial charge < -0.3 is 4.74 Å². The topological polar surface area (TPSA) is 26.3 Å².